The van der Waals surface area contributed by atoms with Gasteiger partial charge in [0.25, 0.3) is 0 Å². The molecule has 0 saturated carbocycles. The van der Waals surface area contributed by atoms with E-state index in [0.29, 0.717) is 17.9 Å². The summed E-state index contributed by atoms with van der Waals surface area (Å²) in [4.78, 5) is 41.0. The fourth-order valence-electron chi connectivity index (χ4n) is 3.44. The third-order valence-corrected chi connectivity index (χ3v) is 6.24. The molecule has 34 heavy (non-hydrogen) atoms. The average molecular weight is 488 g/mol. The van der Waals surface area contributed by atoms with Crippen LogP contribution in [-0.4, -0.2) is 52.5 Å². The van der Waals surface area contributed by atoms with Crippen LogP contribution in [0.4, 0.5) is 10.5 Å². The van der Waals surface area contributed by atoms with Crippen molar-refractivity contribution in [2.75, 3.05) is 17.3 Å². The van der Waals surface area contributed by atoms with Gasteiger partial charge in [-0.25, -0.2) is 9.69 Å². The molecule has 3 N–H and O–H groups in total. The zero-order chi connectivity index (χ0) is 25.5. The number of benzene rings is 2. The van der Waals surface area contributed by atoms with E-state index in [-0.39, 0.29) is 12.3 Å². The molecular formula is C26H37N3O4S. The van der Waals surface area contributed by atoms with Crippen molar-refractivity contribution in [2.45, 2.75) is 65.1 Å². The van der Waals surface area contributed by atoms with Crippen molar-refractivity contribution in [1.82, 2.24) is 4.90 Å². The number of nitrogens with two attached hydrogens (primary N) is 1. The molecule has 0 aliphatic heterocycles. The number of nitrogens with zero attached hydrogens (tertiary/aromatic N) is 1. The molecule has 0 spiro atoms. The minimum atomic E-state index is -1.06. The third kappa shape index (κ3) is 7.46. The topological polar surface area (TPSA) is 102 Å². The minimum absolute atomic E-state index is 0.165. The Hall–Kier alpha value is -2.58. The number of rotatable bonds is 9. The molecule has 2 aromatic carbocycles. The van der Waals surface area contributed by atoms with Crippen molar-refractivity contribution in [1.29, 1.82) is 0 Å². The monoisotopic (exact) mass is 487 g/mol. The summed E-state index contributed by atoms with van der Waals surface area (Å²) in [6, 6.07) is 11.4. The predicted octanol–water partition coefficient (Wildman–Crippen LogP) is 5.04. The van der Waals surface area contributed by atoms with Gasteiger partial charge in [0.1, 0.15) is 11.6 Å². The maximum Gasteiger partial charge on any atom is 0.417 e. The largest absolute Gasteiger partial charge is 0.443 e. The zero-order valence-corrected chi connectivity index (χ0v) is 21.8. The Morgan fingerprint density at radius 3 is 2.35 bits per heavy atom. The van der Waals surface area contributed by atoms with Crippen molar-refractivity contribution in [3.63, 3.8) is 0 Å². The number of nitrogens with one attached hydrogen (secondary N) is 1. The summed E-state index contributed by atoms with van der Waals surface area (Å²) in [7, 11) is 0. The number of amides is 3. The summed E-state index contributed by atoms with van der Waals surface area (Å²) in [5.41, 5.74) is 5.96. The third-order valence-electron chi connectivity index (χ3n) is 5.60. The highest BCUT2D eigenvalue weighted by molar-refractivity contribution is 7.98. The van der Waals surface area contributed by atoms with Crippen LogP contribution < -0.4 is 11.1 Å². The molecule has 0 saturated heterocycles. The Kier molecular flexibility index (Phi) is 9.94. The molecule has 0 fully saturated rings. The SMILES string of the molecule is CC[C@H](C)[C@H](N)C(=O)N(C(=O)OC(C)(C)C)[C@@H](CCSC)C(=O)Nc1ccc2ccccc2c1. The Morgan fingerprint density at radius 1 is 1.12 bits per heavy atom. The van der Waals surface area contributed by atoms with Crippen molar-refractivity contribution in [2.24, 2.45) is 11.7 Å². The van der Waals surface area contributed by atoms with Crippen LogP contribution in [0.15, 0.2) is 42.5 Å². The van der Waals surface area contributed by atoms with Crippen LogP contribution >= 0.6 is 11.8 Å². The molecule has 7 nitrogen and oxygen atoms in total. The number of thioether (sulfide) groups is 1. The Labute approximate surface area is 206 Å². The van der Waals surface area contributed by atoms with E-state index in [2.05, 4.69) is 5.32 Å². The van der Waals surface area contributed by atoms with E-state index in [0.717, 1.165) is 15.7 Å². The smallest absolute Gasteiger partial charge is 0.417 e. The predicted molar refractivity (Wildman–Crippen MR) is 140 cm³/mol. The fourth-order valence-corrected chi connectivity index (χ4v) is 3.90. The van der Waals surface area contributed by atoms with Gasteiger partial charge in [0.05, 0.1) is 6.04 Å². The lowest BCUT2D eigenvalue weighted by atomic mass is 9.98. The summed E-state index contributed by atoms with van der Waals surface area (Å²) >= 11 is 1.53. The summed E-state index contributed by atoms with van der Waals surface area (Å²) < 4.78 is 5.53. The molecule has 0 heterocycles. The van der Waals surface area contributed by atoms with E-state index in [9.17, 15) is 14.4 Å². The number of hydrogen-bond donors (Lipinski definition) is 2. The number of carbonyl (C=O) groups is 3. The van der Waals surface area contributed by atoms with Crippen LogP contribution in [0, 0.1) is 5.92 Å². The van der Waals surface area contributed by atoms with Crippen LogP contribution in [0.3, 0.4) is 0 Å². The van der Waals surface area contributed by atoms with Gasteiger partial charge < -0.3 is 15.8 Å². The molecule has 0 bridgehead atoms. The van der Waals surface area contributed by atoms with E-state index in [1.54, 1.807) is 26.8 Å². The van der Waals surface area contributed by atoms with Gasteiger partial charge in [-0.05, 0) is 68.0 Å². The molecule has 2 rings (SSSR count). The minimum Gasteiger partial charge on any atom is -0.443 e. The maximum atomic E-state index is 13.5. The molecule has 186 valence electrons. The number of imide groups is 1. The first-order valence-corrected chi connectivity index (χ1v) is 13.0. The van der Waals surface area contributed by atoms with E-state index >= 15 is 0 Å². The average Bonchev–Trinajstić information content (AvgIpc) is 2.78. The molecule has 8 heteroatoms. The normalized spacial score (nSPS) is 14.2. The second kappa shape index (κ2) is 12.2. The number of anilines is 1. The fraction of sp³-hybridized carbons (Fsp3) is 0.500. The number of carbonyl (C=O) groups excluding carboxylic acids is 3. The Bertz CT molecular complexity index is 1000. The second-order valence-electron chi connectivity index (χ2n) is 9.45. The van der Waals surface area contributed by atoms with Gasteiger partial charge in [0.15, 0.2) is 0 Å². The highest BCUT2D eigenvalue weighted by Gasteiger charge is 2.40. The molecule has 0 radical (unpaired) electrons. The molecule has 3 amide bonds. The summed E-state index contributed by atoms with van der Waals surface area (Å²) in [6.45, 7) is 8.92. The lowest BCUT2D eigenvalue weighted by molar-refractivity contribution is -0.139. The van der Waals surface area contributed by atoms with Crippen LogP contribution in [0.1, 0.15) is 47.5 Å². The molecule has 3 atom stereocenters. The Balaban J connectivity index is 2.42. The van der Waals surface area contributed by atoms with E-state index in [1.165, 1.54) is 11.8 Å². The van der Waals surface area contributed by atoms with Gasteiger partial charge >= 0.3 is 6.09 Å². The lowest BCUT2D eigenvalue weighted by Gasteiger charge is -2.34. The number of fused-ring (bicyclic) bond motifs is 1. The van der Waals surface area contributed by atoms with Gasteiger partial charge in [-0.1, -0.05) is 50.6 Å². The highest BCUT2D eigenvalue weighted by Crippen LogP contribution is 2.22. The zero-order valence-electron chi connectivity index (χ0n) is 21.0. The first-order valence-electron chi connectivity index (χ1n) is 11.6. The van der Waals surface area contributed by atoms with E-state index in [1.807, 2.05) is 56.5 Å². The highest BCUT2D eigenvalue weighted by atomic mass is 32.2. The Morgan fingerprint density at radius 2 is 1.76 bits per heavy atom. The summed E-state index contributed by atoms with van der Waals surface area (Å²) in [6.07, 6.45) is 1.98. The standard InChI is InChI=1S/C26H37N3O4S/c1-7-17(2)22(27)24(31)29(25(32)33-26(3,4)5)21(14-15-34-6)23(30)28-20-13-12-18-10-8-9-11-19(18)16-20/h8-13,16-17,21-22H,7,14-15,27H2,1-6H3,(H,28,30)/t17-,21-,22-/m0/s1. The molecule has 0 unspecified atom stereocenters. The van der Waals surface area contributed by atoms with E-state index in [4.69, 9.17) is 10.5 Å². The van der Waals surface area contributed by atoms with Crippen molar-refractivity contribution < 1.29 is 19.1 Å². The van der Waals surface area contributed by atoms with Gasteiger partial charge in [-0.3, -0.25) is 9.59 Å². The first kappa shape index (κ1) is 27.7. The maximum absolute atomic E-state index is 13.5. The second-order valence-corrected chi connectivity index (χ2v) is 10.4. The molecular weight excluding hydrogens is 450 g/mol. The van der Waals surface area contributed by atoms with E-state index < -0.39 is 35.6 Å². The van der Waals surface area contributed by atoms with Crippen molar-refractivity contribution >= 4 is 46.1 Å². The van der Waals surface area contributed by atoms with Gasteiger partial charge in [0.2, 0.25) is 11.8 Å². The quantitative estimate of drug-likeness (QED) is 0.514. The van der Waals surface area contributed by atoms with Gasteiger partial charge in [-0.2, -0.15) is 11.8 Å². The summed E-state index contributed by atoms with van der Waals surface area (Å²) in [5, 5.41) is 4.91. The van der Waals surface area contributed by atoms with Crippen molar-refractivity contribution in [3.8, 4) is 0 Å². The molecule has 2 aromatic rings. The van der Waals surface area contributed by atoms with Crippen molar-refractivity contribution in [3.05, 3.63) is 42.5 Å². The molecule has 0 aromatic heterocycles. The number of ether oxygens (including phenoxy) is 1. The van der Waals surface area contributed by atoms with Crippen LogP contribution in [0.25, 0.3) is 10.8 Å². The first-order chi connectivity index (χ1) is 16.0. The summed E-state index contributed by atoms with van der Waals surface area (Å²) in [5.74, 6) is -0.661. The van der Waals surface area contributed by atoms with Gasteiger partial charge in [0, 0.05) is 5.69 Å². The van der Waals surface area contributed by atoms with Gasteiger partial charge in [-0.15, -0.1) is 0 Å². The molecule has 0 aliphatic rings. The molecule has 0 aliphatic carbocycles. The van der Waals surface area contributed by atoms with Crippen LogP contribution in [0.2, 0.25) is 0 Å². The lowest BCUT2D eigenvalue weighted by Crippen LogP contribution is -2.57. The van der Waals surface area contributed by atoms with Crippen LogP contribution in [-0.2, 0) is 14.3 Å². The van der Waals surface area contributed by atoms with Crippen LogP contribution in [0.5, 0.6) is 0 Å². The number of hydrogen-bond acceptors (Lipinski definition) is 6.